The monoisotopic (exact) mass is 130 g/mol. The quantitative estimate of drug-likeness (QED) is 0.415. The Kier molecular flexibility index (Phi) is 2.21. The smallest absolute Gasteiger partial charge is 0.173 e. The van der Waals surface area contributed by atoms with E-state index in [1.54, 1.807) is 18.7 Å². The molecule has 1 radical (unpaired) electrons. The van der Waals surface area contributed by atoms with Crippen molar-refractivity contribution < 1.29 is 4.84 Å². The predicted octanol–water partition coefficient (Wildman–Crippen LogP) is 1.35. The van der Waals surface area contributed by atoms with Crippen LogP contribution in [0.2, 0.25) is 0 Å². The van der Waals surface area contributed by atoms with Crippen LogP contribution in [0.4, 0.5) is 0 Å². The van der Waals surface area contributed by atoms with Crippen molar-refractivity contribution in [2.45, 2.75) is 18.8 Å². The highest BCUT2D eigenvalue weighted by molar-refractivity contribution is 8.01. The summed E-state index contributed by atoms with van der Waals surface area (Å²) in [5, 5.41) is 3.52. The van der Waals surface area contributed by atoms with Gasteiger partial charge in [0.2, 0.25) is 0 Å². The van der Waals surface area contributed by atoms with Crippen LogP contribution in [0.25, 0.3) is 0 Å². The zero-order chi connectivity index (χ0) is 5.82. The standard InChI is InChI=1S/C5H8NOS/c1-2-6-7-5-3-4-8-5/h5H,3-4H2,1H3. The molecule has 1 atom stereocenters. The van der Waals surface area contributed by atoms with Crippen molar-refractivity contribution in [3.63, 3.8) is 0 Å². The van der Waals surface area contributed by atoms with Crippen LogP contribution < -0.4 is 0 Å². The highest BCUT2D eigenvalue weighted by atomic mass is 32.2. The molecule has 1 fully saturated rings. The van der Waals surface area contributed by atoms with E-state index in [9.17, 15) is 0 Å². The van der Waals surface area contributed by atoms with E-state index >= 15 is 0 Å². The number of hydrogen-bond acceptors (Lipinski definition) is 3. The van der Waals surface area contributed by atoms with E-state index in [0.29, 0.717) is 5.44 Å². The number of thioether (sulfide) groups is 1. The fourth-order valence-electron chi connectivity index (χ4n) is 0.409. The van der Waals surface area contributed by atoms with Crippen molar-refractivity contribution in [3.8, 4) is 0 Å². The van der Waals surface area contributed by atoms with E-state index in [1.807, 2.05) is 0 Å². The maximum absolute atomic E-state index is 4.90. The van der Waals surface area contributed by atoms with E-state index in [0.717, 1.165) is 6.42 Å². The van der Waals surface area contributed by atoms with Crippen molar-refractivity contribution >= 4 is 18.0 Å². The predicted molar refractivity (Wildman–Crippen MR) is 35.1 cm³/mol. The molecule has 8 heavy (non-hydrogen) atoms. The van der Waals surface area contributed by atoms with Crippen LogP contribution in [0, 0.1) is 0 Å². The Hall–Kier alpha value is -0.180. The van der Waals surface area contributed by atoms with Gasteiger partial charge in [-0.2, -0.15) is 0 Å². The summed E-state index contributed by atoms with van der Waals surface area (Å²) in [5.74, 6) is 1.21. The first-order valence-electron chi connectivity index (χ1n) is 2.57. The zero-order valence-corrected chi connectivity index (χ0v) is 5.57. The molecule has 0 aromatic rings. The van der Waals surface area contributed by atoms with Crippen LogP contribution in [0.5, 0.6) is 0 Å². The van der Waals surface area contributed by atoms with E-state index in [2.05, 4.69) is 11.4 Å². The molecule has 3 heteroatoms. The number of nitrogens with zero attached hydrogens (tertiary/aromatic N) is 1. The molecule has 45 valence electrons. The van der Waals surface area contributed by atoms with Crippen LogP contribution in [0.3, 0.4) is 0 Å². The summed E-state index contributed by atoms with van der Waals surface area (Å²) in [6.45, 7) is 1.73. The second kappa shape index (κ2) is 2.97. The van der Waals surface area contributed by atoms with Gasteiger partial charge in [-0.15, -0.1) is 11.8 Å². The second-order valence-corrected chi connectivity index (χ2v) is 2.78. The minimum Gasteiger partial charge on any atom is -0.381 e. The normalized spacial score (nSPS) is 27.9. The van der Waals surface area contributed by atoms with Crippen molar-refractivity contribution in [3.05, 3.63) is 0 Å². The average Bonchev–Trinajstić information content (AvgIpc) is 1.63. The molecule has 0 spiro atoms. The van der Waals surface area contributed by atoms with Crippen LogP contribution in [0.1, 0.15) is 13.3 Å². The van der Waals surface area contributed by atoms with Crippen LogP contribution in [-0.2, 0) is 4.84 Å². The third-order valence-corrected chi connectivity index (χ3v) is 2.08. The molecule has 1 saturated heterocycles. The van der Waals surface area contributed by atoms with Crippen LogP contribution in [0.15, 0.2) is 5.16 Å². The summed E-state index contributed by atoms with van der Waals surface area (Å²) >= 11 is 1.79. The maximum atomic E-state index is 4.90. The van der Waals surface area contributed by atoms with E-state index < -0.39 is 0 Å². The molecule has 1 rings (SSSR count). The Balaban J connectivity index is 2.01. The fraction of sp³-hybridized carbons (Fsp3) is 0.800. The lowest BCUT2D eigenvalue weighted by Gasteiger charge is -2.21. The number of hydrogen-bond donors (Lipinski definition) is 0. The summed E-state index contributed by atoms with van der Waals surface area (Å²) in [4.78, 5) is 4.90. The van der Waals surface area contributed by atoms with Gasteiger partial charge in [-0.3, -0.25) is 0 Å². The first-order chi connectivity index (χ1) is 3.93. The molecular formula is C5H8NOS. The van der Waals surface area contributed by atoms with E-state index in [1.165, 1.54) is 5.75 Å². The van der Waals surface area contributed by atoms with Gasteiger partial charge < -0.3 is 4.84 Å². The molecule has 0 N–H and O–H groups in total. The SMILES string of the molecule is C[C]=NOC1CCS1. The van der Waals surface area contributed by atoms with Gasteiger partial charge in [-0.25, -0.2) is 0 Å². The van der Waals surface area contributed by atoms with Crippen molar-refractivity contribution in [1.82, 2.24) is 0 Å². The van der Waals surface area contributed by atoms with Gasteiger partial charge in [-0.05, 0) is 6.92 Å². The van der Waals surface area contributed by atoms with Crippen LogP contribution >= 0.6 is 11.8 Å². The highest BCUT2D eigenvalue weighted by Gasteiger charge is 2.18. The molecule has 1 unspecified atom stereocenters. The van der Waals surface area contributed by atoms with Gasteiger partial charge in [-0.1, -0.05) is 5.16 Å². The van der Waals surface area contributed by atoms with Gasteiger partial charge in [0.1, 0.15) is 6.21 Å². The third-order valence-electron chi connectivity index (χ3n) is 0.919. The first kappa shape index (κ1) is 5.95. The minimum atomic E-state index is 0.322. The molecular weight excluding hydrogens is 122 g/mol. The third kappa shape index (κ3) is 1.40. The molecule has 1 heterocycles. The highest BCUT2D eigenvalue weighted by Crippen LogP contribution is 2.28. The lowest BCUT2D eigenvalue weighted by atomic mass is 10.5. The molecule has 0 bridgehead atoms. The molecule has 0 aromatic heterocycles. The minimum absolute atomic E-state index is 0.322. The van der Waals surface area contributed by atoms with Crippen molar-refractivity contribution in [2.24, 2.45) is 5.16 Å². The molecule has 1 aliphatic rings. The van der Waals surface area contributed by atoms with Gasteiger partial charge in [0, 0.05) is 12.2 Å². The van der Waals surface area contributed by atoms with Gasteiger partial charge in [0.25, 0.3) is 0 Å². The second-order valence-electron chi connectivity index (χ2n) is 1.51. The maximum Gasteiger partial charge on any atom is 0.173 e. The zero-order valence-electron chi connectivity index (χ0n) is 4.76. The Morgan fingerprint density at radius 2 is 2.62 bits per heavy atom. The summed E-state index contributed by atoms with van der Waals surface area (Å²) in [6.07, 6.45) is 3.69. The Morgan fingerprint density at radius 3 is 3.00 bits per heavy atom. The molecule has 1 aliphatic heterocycles. The van der Waals surface area contributed by atoms with Crippen molar-refractivity contribution in [2.75, 3.05) is 5.75 Å². The Labute approximate surface area is 53.3 Å². The molecule has 2 nitrogen and oxygen atoms in total. The summed E-state index contributed by atoms with van der Waals surface area (Å²) in [7, 11) is 0. The first-order valence-corrected chi connectivity index (χ1v) is 3.62. The molecule has 0 aliphatic carbocycles. The van der Waals surface area contributed by atoms with Gasteiger partial charge in [0.05, 0.1) is 0 Å². The lowest BCUT2D eigenvalue weighted by molar-refractivity contribution is 0.112. The van der Waals surface area contributed by atoms with E-state index in [4.69, 9.17) is 4.84 Å². The summed E-state index contributed by atoms with van der Waals surface area (Å²) < 4.78 is 0. The summed E-state index contributed by atoms with van der Waals surface area (Å²) in [6, 6.07) is 0. The fourth-order valence-corrected chi connectivity index (χ4v) is 0.941. The topological polar surface area (TPSA) is 21.6 Å². The Bertz CT molecular complexity index is 90.4. The largest absolute Gasteiger partial charge is 0.381 e. The lowest BCUT2D eigenvalue weighted by Crippen LogP contribution is -2.16. The van der Waals surface area contributed by atoms with E-state index in [-0.39, 0.29) is 0 Å². The summed E-state index contributed by atoms with van der Waals surface area (Å²) in [5.41, 5.74) is 0.322. The average molecular weight is 130 g/mol. The van der Waals surface area contributed by atoms with Gasteiger partial charge in [0.15, 0.2) is 5.44 Å². The Morgan fingerprint density at radius 1 is 1.88 bits per heavy atom. The van der Waals surface area contributed by atoms with Crippen LogP contribution in [-0.4, -0.2) is 17.4 Å². The van der Waals surface area contributed by atoms with Gasteiger partial charge >= 0.3 is 0 Å². The van der Waals surface area contributed by atoms with Crippen molar-refractivity contribution in [1.29, 1.82) is 0 Å². The number of rotatable bonds is 2. The molecule has 0 aromatic carbocycles. The molecule has 0 saturated carbocycles. The molecule has 0 amide bonds.